The van der Waals surface area contributed by atoms with Crippen molar-refractivity contribution in [2.24, 2.45) is 5.92 Å². The van der Waals surface area contributed by atoms with Gasteiger partial charge in [-0.2, -0.15) is 0 Å². The van der Waals surface area contributed by atoms with Crippen molar-refractivity contribution in [1.29, 1.82) is 0 Å². The lowest BCUT2D eigenvalue weighted by atomic mass is 9.92. The fourth-order valence-corrected chi connectivity index (χ4v) is 5.18. The number of rotatable bonds is 5. The molecule has 0 aromatic heterocycles. The van der Waals surface area contributed by atoms with Crippen LogP contribution in [-0.4, -0.2) is 96.9 Å². The zero-order valence-corrected chi connectivity index (χ0v) is 18.3. The molecule has 1 atom stereocenters. The highest BCUT2D eigenvalue weighted by Gasteiger charge is 2.35. The minimum absolute atomic E-state index is 0.0603. The Morgan fingerprint density at radius 3 is 2.50 bits per heavy atom. The van der Waals surface area contributed by atoms with Gasteiger partial charge < -0.3 is 14.7 Å². The molecule has 0 spiro atoms. The van der Waals surface area contributed by atoms with Gasteiger partial charge in [-0.25, -0.2) is 0 Å². The zero-order chi connectivity index (χ0) is 20.9. The highest BCUT2D eigenvalue weighted by Crippen LogP contribution is 2.25. The largest absolute Gasteiger partial charge is 0.342 e. The predicted molar refractivity (Wildman–Crippen MR) is 118 cm³/mol. The summed E-state index contributed by atoms with van der Waals surface area (Å²) >= 11 is 0. The van der Waals surface area contributed by atoms with Crippen LogP contribution in [-0.2, 0) is 16.0 Å². The first-order chi connectivity index (χ1) is 14.6. The topological polar surface area (TPSA) is 47.1 Å². The van der Waals surface area contributed by atoms with E-state index in [0.29, 0.717) is 19.1 Å². The van der Waals surface area contributed by atoms with Gasteiger partial charge in [0.05, 0.1) is 12.5 Å². The normalized spacial score (nSPS) is 25.0. The Hall–Kier alpha value is -1.92. The van der Waals surface area contributed by atoms with Crippen molar-refractivity contribution in [3.05, 3.63) is 35.9 Å². The first-order valence-corrected chi connectivity index (χ1v) is 11.6. The van der Waals surface area contributed by atoms with Crippen molar-refractivity contribution in [1.82, 2.24) is 19.6 Å². The van der Waals surface area contributed by atoms with Gasteiger partial charge in [0, 0.05) is 39.3 Å². The molecule has 6 heteroatoms. The lowest BCUT2D eigenvalue weighted by Crippen LogP contribution is -2.55. The van der Waals surface area contributed by atoms with Crippen LogP contribution in [0.2, 0.25) is 0 Å². The highest BCUT2D eigenvalue weighted by molar-refractivity contribution is 5.87. The number of likely N-dealkylation sites (N-methyl/N-ethyl adjacent to an activating group) is 1. The number of carbonyl (C=O) groups excluding carboxylic acids is 2. The van der Waals surface area contributed by atoms with Crippen LogP contribution in [0.25, 0.3) is 0 Å². The fraction of sp³-hybridized carbons (Fsp3) is 0.667. The van der Waals surface area contributed by atoms with E-state index in [9.17, 15) is 9.59 Å². The van der Waals surface area contributed by atoms with Gasteiger partial charge in [-0.15, -0.1) is 0 Å². The van der Waals surface area contributed by atoms with Crippen LogP contribution in [0.1, 0.15) is 31.2 Å². The molecule has 0 radical (unpaired) electrons. The van der Waals surface area contributed by atoms with Crippen molar-refractivity contribution < 1.29 is 9.59 Å². The Labute approximate surface area is 180 Å². The van der Waals surface area contributed by atoms with Crippen molar-refractivity contribution in [2.45, 2.75) is 38.1 Å². The molecule has 3 aliphatic heterocycles. The van der Waals surface area contributed by atoms with Gasteiger partial charge in [0.2, 0.25) is 11.8 Å². The number of hydrogen-bond donors (Lipinski definition) is 0. The number of hydrogen-bond acceptors (Lipinski definition) is 4. The number of nitrogens with zero attached hydrogens (tertiary/aromatic N) is 4. The molecule has 1 aromatic rings. The second kappa shape index (κ2) is 9.92. The Kier molecular flexibility index (Phi) is 7.05. The minimum Gasteiger partial charge on any atom is -0.342 e. The molecule has 0 aliphatic carbocycles. The molecule has 0 unspecified atom stereocenters. The van der Waals surface area contributed by atoms with Crippen LogP contribution in [0.3, 0.4) is 0 Å². The summed E-state index contributed by atoms with van der Waals surface area (Å²) in [5.74, 6) is 0.317. The van der Waals surface area contributed by atoms with E-state index in [1.165, 1.54) is 18.4 Å². The molecule has 0 bridgehead atoms. The highest BCUT2D eigenvalue weighted by atomic mass is 16.2. The summed E-state index contributed by atoms with van der Waals surface area (Å²) in [6.45, 7) is 7.01. The predicted octanol–water partition coefficient (Wildman–Crippen LogP) is 1.71. The van der Waals surface area contributed by atoms with E-state index in [0.717, 1.165) is 52.0 Å². The molecule has 0 N–H and O–H groups in total. The molecule has 0 saturated carbocycles. The molecule has 1 aromatic carbocycles. The van der Waals surface area contributed by atoms with Crippen molar-refractivity contribution >= 4 is 11.8 Å². The minimum atomic E-state index is 0.0603. The van der Waals surface area contributed by atoms with E-state index in [2.05, 4.69) is 40.1 Å². The number of likely N-dealkylation sites (tertiary alicyclic amines) is 2. The molecule has 3 aliphatic rings. The smallest absolute Gasteiger partial charge is 0.241 e. The monoisotopic (exact) mass is 412 g/mol. The van der Waals surface area contributed by atoms with Gasteiger partial charge in [0.25, 0.3) is 0 Å². The molecular formula is C24H36N4O2. The summed E-state index contributed by atoms with van der Waals surface area (Å²) in [6, 6.07) is 11.3. The summed E-state index contributed by atoms with van der Waals surface area (Å²) in [5.41, 5.74) is 1.42. The number of piperazine rings is 1. The number of benzene rings is 1. The summed E-state index contributed by atoms with van der Waals surface area (Å²) in [7, 11) is 1.82. The van der Waals surface area contributed by atoms with Gasteiger partial charge >= 0.3 is 0 Å². The molecule has 164 valence electrons. The van der Waals surface area contributed by atoms with E-state index in [4.69, 9.17) is 0 Å². The first-order valence-electron chi connectivity index (χ1n) is 11.6. The third-order valence-electron chi connectivity index (χ3n) is 7.20. The number of piperidine rings is 2. The molecule has 3 heterocycles. The maximum atomic E-state index is 13.0. The Bertz CT molecular complexity index is 717. The molecule has 30 heavy (non-hydrogen) atoms. The molecular weight excluding hydrogens is 376 g/mol. The fourth-order valence-electron chi connectivity index (χ4n) is 5.18. The summed E-state index contributed by atoms with van der Waals surface area (Å²) in [6.07, 6.45) is 5.57. The second-order valence-corrected chi connectivity index (χ2v) is 9.22. The first kappa shape index (κ1) is 21.3. The third-order valence-corrected chi connectivity index (χ3v) is 7.20. The van der Waals surface area contributed by atoms with Gasteiger partial charge in [0.1, 0.15) is 0 Å². The second-order valence-electron chi connectivity index (χ2n) is 9.22. The molecule has 3 saturated heterocycles. The van der Waals surface area contributed by atoms with E-state index in [1.807, 2.05) is 7.05 Å². The van der Waals surface area contributed by atoms with E-state index < -0.39 is 0 Å². The lowest BCUT2D eigenvalue weighted by Gasteiger charge is -2.43. The molecule has 4 rings (SSSR count). The van der Waals surface area contributed by atoms with E-state index >= 15 is 0 Å². The number of amides is 2. The maximum Gasteiger partial charge on any atom is 0.241 e. The summed E-state index contributed by atoms with van der Waals surface area (Å²) in [5, 5.41) is 0. The average Bonchev–Trinajstić information content (AvgIpc) is 2.80. The Morgan fingerprint density at radius 1 is 1.00 bits per heavy atom. The standard InChI is InChI=1S/C24H36N4O2/c1-25-16-17-28(19-23(25)29)24(30)21-8-5-12-27(18-21)22-10-14-26(15-11-22)13-9-20-6-3-2-4-7-20/h2-4,6-7,21-22H,5,8-19H2,1H3/t21-/m0/s1. The molecule has 3 fully saturated rings. The van der Waals surface area contributed by atoms with Crippen LogP contribution in [0.5, 0.6) is 0 Å². The van der Waals surface area contributed by atoms with E-state index in [-0.39, 0.29) is 24.3 Å². The van der Waals surface area contributed by atoms with Gasteiger partial charge in [-0.05, 0) is 57.3 Å². The van der Waals surface area contributed by atoms with Crippen molar-refractivity contribution in [3.63, 3.8) is 0 Å². The summed E-state index contributed by atoms with van der Waals surface area (Å²) in [4.78, 5) is 33.7. The van der Waals surface area contributed by atoms with Crippen LogP contribution in [0, 0.1) is 5.92 Å². The SMILES string of the molecule is CN1CCN(C(=O)[C@H]2CCCN(C3CCN(CCc4ccccc4)CC3)C2)CC1=O. The maximum absolute atomic E-state index is 13.0. The van der Waals surface area contributed by atoms with Gasteiger partial charge in [0.15, 0.2) is 0 Å². The van der Waals surface area contributed by atoms with Gasteiger partial charge in [-0.1, -0.05) is 30.3 Å². The lowest BCUT2D eigenvalue weighted by molar-refractivity contribution is -0.148. The molecule has 6 nitrogen and oxygen atoms in total. The van der Waals surface area contributed by atoms with Gasteiger partial charge in [-0.3, -0.25) is 14.5 Å². The van der Waals surface area contributed by atoms with Crippen LogP contribution in [0.15, 0.2) is 30.3 Å². The quantitative estimate of drug-likeness (QED) is 0.739. The Balaban J connectivity index is 1.23. The average molecular weight is 413 g/mol. The number of carbonyl (C=O) groups is 2. The molecule has 2 amide bonds. The zero-order valence-electron chi connectivity index (χ0n) is 18.3. The van der Waals surface area contributed by atoms with Crippen LogP contribution >= 0.6 is 0 Å². The van der Waals surface area contributed by atoms with E-state index in [1.54, 1.807) is 9.80 Å². The Morgan fingerprint density at radius 2 is 1.77 bits per heavy atom. The van der Waals surface area contributed by atoms with Crippen molar-refractivity contribution in [3.8, 4) is 0 Å². The third kappa shape index (κ3) is 5.22. The summed E-state index contributed by atoms with van der Waals surface area (Å²) < 4.78 is 0. The van der Waals surface area contributed by atoms with Crippen LogP contribution < -0.4 is 0 Å². The van der Waals surface area contributed by atoms with Crippen molar-refractivity contribution in [2.75, 3.05) is 59.4 Å². The van der Waals surface area contributed by atoms with Crippen LogP contribution in [0.4, 0.5) is 0 Å².